The van der Waals surface area contributed by atoms with Gasteiger partial charge in [0, 0.05) is 12.5 Å². The smallest absolute Gasteiger partial charge is 0.302 e. The number of halogens is 1. The summed E-state index contributed by atoms with van der Waals surface area (Å²) in [6, 6.07) is 6.26. The molecule has 0 unspecified atom stereocenters. The van der Waals surface area contributed by atoms with Crippen LogP contribution in [-0.4, -0.2) is 21.9 Å². The molecule has 0 aliphatic heterocycles. The molecular formula is C21H23FN2O3. The van der Waals surface area contributed by atoms with Gasteiger partial charge in [-0.2, -0.15) is 0 Å². The molecule has 1 heterocycles. The lowest BCUT2D eigenvalue weighted by molar-refractivity contribution is -0.142. The van der Waals surface area contributed by atoms with E-state index in [2.05, 4.69) is 5.16 Å². The van der Waals surface area contributed by atoms with Crippen molar-refractivity contribution in [1.29, 1.82) is 0 Å². The van der Waals surface area contributed by atoms with Crippen LogP contribution in [0.25, 0.3) is 11.1 Å². The highest BCUT2D eigenvalue weighted by atomic mass is 19.1. The van der Waals surface area contributed by atoms with E-state index in [0.717, 1.165) is 40.8 Å². The van der Waals surface area contributed by atoms with Gasteiger partial charge in [0.15, 0.2) is 0 Å². The number of hydrogen-bond acceptors (Lipinski definition) is 5. The summed E-state index contributed by atoms with van der Waals surface area (Å²) in [4.78, 5) is 16.2. The van der Waals surface area contributed by atoms with Crippen molar-refractivity contribution < 1.29 is 19.1 Å². The van der Waals surface area contributed by atoms with Gasteiger partial charge in [-0.3, -0.25) is 9.78 Å². The fourth-order valence-electron chi connectivity index (χ4n) is 3.58. The Morgan fingerprint density at radius 2 is 2.00 bits per heavy atom. The Hall–Kier alpha value is -2.76. The first-order chi connectivity index (χ1) is 12.9. The number of rotatable bonds is 4. The van der Waals surface area contributed by atoms with Gasteiger partial charge >= 0.3 is 5.97 Å². The molecule has 1 aliphatic carbocycles. The Morgan fingerprint density at radius 3 is 2.59 bits per heavy atom. The summed E-state index contributed by atoms with van der Waals surface area (Å²) in [5.41, 5.74) is 5.53. The number of benzene rings is 1. The monoisotopic (exact) mass is 370 g/mol. The summed E-state index contributed by atoms with van der Waals surface area (Å²) in [5.74, 6) is -0.614. The second-order valence-electron chi connectivity index (χ2n) is 7.02. The van der Waals surface area contributed by atoms with Crippen molar-refractivity contribution in [2.45, 2.75) is 52.6 Å². The number of ether oxygens (including phenoxy) is 1. The molecule has 1 N–H and O–H groups in total. The molecule has 0 atom stereocenters. The highest BCUT2D eigenvalue weighted by Crippen LogP contribution is 2.38. The van der Waals surface area contributed by atoms with Gasteiger partial charge in [0.05, 0.1) is 11.4 Å². The maximum absolute atomic E-state index is 13.5. The predicted octanol–water partition coefficient (Wildman–Crippen LogP) is 4.59. The van der Waals surface area contributed by atoms with Crippen molar-refractivity contribution in [1.82, 2.24) is 4.98 Å². The van der Waals surface area contributed by atoms with E-state index in [0.29, 0.717) is 17.8 Å². The van der Waals surface area contributed by atoms with E-state index >= 15 is 0 Å². The molecule has 3 rings (SSSR count). The van der Waals surface area contributed by atoms with Gasteiger partial charge in [-0.1, -0.05) is 31.1 Å². The molecule has 0 spiro atoms. The number of carbonyl (C=O) groups is 1. The van der Waals surface area contributed by atoms with E-state index in [-0.39, 0.29) is 24.3 Å². The normalized spacial score (nSPS) is 15.1. The second kappa shape index (κ2) is 7.86. The highest BCUT2D eigenvalue weighted by Gasteiger charge is 2.27. The lowest BCUT2D eigenvalue weighted by atomic mass is 9.83. The zero-order valence-corrected chi connectivity index (χ0v) is 15.8. The zero-order valence-electron chi connectivity index (χ0n) is 15.8. The first kappa shape index (κ1) is 19.0. The van der Waals surface area contributed by atoms with Crippen molar-refractivity contribution >= 4 is 11.7 Å². The molecule has 2 aromatic rings. The fourth-order valence-corrected chi connectivity index (χ4v) is 3.58. The molecule has 1 aromatic carbocycles. The molecule has 0 saturated carbocycles. The molecule has 0 radical (unpaired) electrons. The summed E-state index contributed by atoms with van der Waals surface area (Å²) < 4.78 is 18.8. The van der Waals surface area contributed by atoms with Crippen LogP contribution in [0, 0.1) is 5.82 Å². The first-order valence-electron chi connectivity index (χ1n) is 9.08. The molecule has 6 heteroatoms. The SMILES string of the molecule is CC(=O)OCc1c(C(C)C)nc2c(c1-c1ccc(F)cc1)CCCC2=NO. The number of hydrogen-bond donors (Lipinski definition) is 1. The van der Waals surface area contributed by atoms with Crippen LogP contribution >= 0.6 is 0 Å². The minimum absolute atomic E-state index is 0.0712. The quantitative estimate of drug-likeness (QED) is 0.485. The maximum Gasteiger partial charge on any atom is 0.302 e. The molecule has 0 amide bonds. The van der Waals surface area contributed by atoms with Crippen LogP contribution in [0.5, 0.6) is 0 Å². The van der Waals surface area contributed by atoms with E-state index in [9.17, 15) is 14.4 Å². The molecule has 5 nitrogen and oxygen atoms in total. The summed E-state index contributed by atoms with van der Waals surface area (Å²) in [6.45, 7) is 5.49. The average molecular weight is 370 g/mol. The Labute approximate surface area is 157 Å². The Balaban J connectivity index is 2.32. The molecule has 1 aromatic heterocycles. The number of esters is 1. The van der Waals surface area contributed by atoms with E-state index in [1.807, 2.05) is 13.8 Å². The van der Waals surface area contributed by atoms with Crippen molar-refractivity contribution in [3.05, 3.63) is 52.6 Å². The fraction of sp³-hybridized carbons (Fsp3) is 0.381. The van der Waals surface area contributed by atoms with Gasteiger partial charge in [-0.25, -0.2) is 4.39 Å². The Morgan fingerprint density at radius 1 is 1.30 bits per heavy atom. The second-order valence-corrected chi connectivity index (χ2v) is 7.02. The summed E-state index contributed by atoms with van der Waals surface area (Å²) >= 11 is 0. The third kappa shape index (κ3) is 3.84. The highest BCUT2D eigenvalue weighted by molar-refractivity contribution is 6.02. The molecule has 142 valence electrons. The van der Waals surface area contributed by atoms with Gasteiger partial charge in [0.1, 0.15) is 18.1 Å². The lowest BCUT2D eigenvalue weighted by Gasteiger charge is -2.26. The summed E-state index contributed by atoms with van der Waals surface area (Å²) in [5, 5.41) is 12.9. The zero-order chi connectivity index (χ0) is 19.6. The number of carbonyl (C=O) groups excluding carboxylic acids is 1. The van der Waals surface area contributed by atoms with Crippen LogP contribution in [-0.2, 0) is 22.6 Å². The largest absolute Gasteiger partial charge is 0.461 e. The van der Waals surface area contributed by atoms with E-state index in [1.165, 1.54) is 19.1 Å². The third-order valence-corrected chi connectivity index (χ3v) is 4.76. The van der Waals surface area contributed by atoms with Crippen LogP contribution in [0.15, 0.2) is 29.4 Å². The van der Waals surface area contributed by atoms with Gasteiger partial charge in [0.25, 0.3) is 0 Å². The van der Waals surface area contributed by atoms with Gasteiger partial charge in [0.2, 0.25) is 0 Å². The molecule has 0 bridgehead atoms. The molecule has 0 fully saturated rings. The van der Waals surface area contributed by atoms with Crippen LogP contribution in [0.4, 0.5) is 4.39 Å². The number of pyridine rings is 1. The third-order valence-electron chi connectivity index (χ3n) is 4.76. The van der Waals surface area contributed by atoms with Crippen molar-refractivity contribution in [3.8, 4) is 11.1 Å². The summed E-state index contributed by atoms with van der Waals surface area (Å²) in [7, 11) is 0. The lowest BCUT2D eigenvalue weighted by Crippen LogP contribution is -2.20. The van der Waals surface area contributed by atoms with Crippen LogP contribution in [0.1, 0.15) is 62.0 Å². The number of fused-ring (bicyclic) bond motifs is 1. The van der Waals surface area contributed by atoms with Crippen LogP contribution in [0.3, 0.4) is 0 Å². The number of aromatic nitrogens is 1. The van der Waals surface area contributed by atoms with E-state index in [4.69, 9.17) is 9.72 Å². The minimum Gasteiger partial charge on any atom is -0.461 e. The number of nitrogens with zero attached hydrogens (tertiary/aromatic N) is 2. The Bertz CT molecular complexity index is 889. The van der Waals surface area contributed by atoms with Gasteiger partial charge < -0.3 is 9.94 Å². The van der Waals surface area contributed by atoms with Crippen LogP contribution in [0.2, 0.25) is 0 Å². The van der Waals surface area contributed by atoms with Crippen molar-refractivity contribution in [3.63, 3.8) is 0 Å². The van der Waals surface area contributed by atoms with Crippen LogP contribution < -0.4 is 0 Å². The standard InChI is InChI=1S/C21H23FN2O3/c1-12(2)20-17(11-27-13(3)25)19(14-7-9-15(22)10-8-14)16-5-4-6-18(24-26)21(16)23-20/h7-10,12,26H,4-6,11H2,1-3H3. The van der Waals surface area contributed by atoms with Crippen molar-refractivity contribution in [2.24, 2.45) is 5.16 Å². The molecular weight excluding hydrogens is 347 g/mol. The molecule has 0 saturated heterocycles. The number of oxime groups is 1. The average Bonchev–Trinajstić information content (AvgIpc) is 2.65. The van der Waals surface area contributed by atoms with Gasteiger partial charge in [-0.15, -0.1) is 0 Å². The van der Waals surface area contributed by atoms with Crippen molar-refractivity contribution in [2.75, 3.05) is 0 Å². The topological polar surface area (TPSA) is 71.8 Å². The maximum atomic E-state index is 13.5. The predicted molar refractivity (Wildman–Crippen MR) is 100 cm³/mol. The van der Waals surface area contributed by atoms with Gasteiger partial charge in [-0.05, 0) is 54.0 Å². The van der Waals surface area contributed by atoms with E-state index in [1.54, 1.807) is 12.1 Å². The van der Waals surface area contributed by atoms with E-state index < -0.39 is 0 Å². The Kier molecular flexibility index (Phi) is 5.54. The molecule has 27 heavy (non-hydrogen) atoms. The molecule has 1 aliphatic rings. The first-order valence-corrected chi connectivity index (χ1v) is 9.08. The summed E-state index contributed by atoms with van der Waals surface area (Å²) in [6.07, 6.45) is 2.25. The minimum atomic E-state index is -0.370.